The van der Waals surface area contributed by atoms with Crippen molar-refractivity contribution >= 4 is 17.4 Å². The number of carbonyl (C=O) groups excluding carboxylic acids is 1. The van der Waals surface area contributed by atoms with Gasteiger partial charge in [-0.1, -0.05) is 18.7 Å². The summed E-state index contributed by atoms with van der Waals surface area (Å²) in [4.78, 5) is 31.5. The lowest BCUT2D eigenvalue weighted by atomic mass is 9.74. The van der Waals surface area contributed by atoms with Crippen molar-refractivity contribution in [3.8, 4) is 12.1 Å². The molecular formula is C33H41N7O2. The lowest BCUT2D eigenvalue weighted by Gasteiger charge is -2.42. The highest BCUT2D eigenvalue weighted by atomic mass is 16.5. The number of amides is 1. The molecule has 1 aromatic carbocycles. The number of rotatable bonds is 7. The molecule has 5 aliphatic rings. The van der Waals surface area contributed by atoms with Gasteiger partial charge < -0.3 is 24.3 Å². The van der Waals surface area contributed by atoms with Crippen molar-refractivity contribution in [2.45, 2.75) is 69.5 Å². The van der Waals surface area contributed by atoms with Crippen LogP contribution < -0.4 is 14.5 Å². The predicted octanol–water partition coefficient (Wildman–Crippen LogP) is 3.68. The topological polar surface area (TPSA) is 88.8 Å². The molecule has 1 saturated carbocycles. The number of carbonyl (C=O) groups is 1. The van der Waals surface area contributed by atoms with E-state index in [2.05, 4.69) is 52.6 Å². The van der Waals surface area contributed by atoms with Crippen molar-refractivity contribution in [1.29, 1.82) is 5.26 Å². The largest absolute Gasteiger partial charge is 0.462 e. The van der Waals surface area contributed by atoms with Crippen LogP contribution in [-0.2, 0) is 24.2 Å². The zero-order valence-electron chi connectivity index (χ0n) is 24.7. The van der Waals surface area contributed by atoms with Gasteiger partial charge in [0, 0.05) is 43.5 Å². The van der Waals surface area contributed by atoms with E-state index >= 15 is 0 Å². The molecule has 0 N–H and O–H groups in total. The molecule has 9 heteroatoms. The fourth-order valence-electron chi connectivity index (χ4n) is 7.96. The summed E-state index contributed by atoms with van der Waals surface area (Å²) >= 11 is 0. The van der Waals surface area contributed by atoms with E-state index in [9.17, 15) is 10.1 Å². The normalized spacial score (nSPS) is 26.6. The van der Waals surface area contributed by atoms with Crippen molar-refractivity contribution in [2.75, 3.05) is 56.2 Å². The standard InChI is InChI=1S/C33H41N7O2/c1-3-31(41)40-17-16-39(19-23(40)11-13-34)32-27-12-15-38(30-8-4-7-26-25-10-9-22(25)18-28(26)30)20-29(27)35-33(36-32)42-21-24-6-5-14-37(24)2/h3-4,7-8,22-25H,1,5-6,9-12,14-21H2,2H3/t22?,23-,24-,25?/m0/s1. The third kappa shape index (κ3) is 4.80. The predicted molar refractivity (Wildman–Crippen MR) is 162 cm³/mol. The molecule has 1 amide bonds. The third-order valence-electron chi connectivity index (χ3n) is 10.5. The van der Waals surface area contributed by atoms with E-state index < -0.39 is 0 Å². The molecule has 0 bridgehead atoms. The van der Waals surface area contributed by atoms with Crippen LogP contribution >= 0.6 is 0 Å². The van der Waals surface area contributed by atoms with Gasteiger partial charge in [0.25, 0.3) is 0 Å². The molecular weight excluding hydrogens is 526 g/mol. The van der Waals surface area contributed by atoms with E-state index in [1.165, 1.54) is 43.0 Å². The Hall–Kier alpha value is -3.64. The number of aromatic nitrogens is 2. The zero-order chi connectivity index (χ0) is 28.8. The minimum absolute atomic E-state index is 0.121. The number of ether oxygens (including phenoxy) is 1. The summed E-state index contributed by atoms with van der Waals surface area (Å²) in [7, 11) is 2.15. The van der Waals surface area contributed by atoms with Crippen LogP contribution in [-0.4, -0.2) is 84.1 Å². The molecule has 9 nitrogen and oxygen atoms in total. The minimum atomic E-state index is -0.210. The van der Waals surface area contributed by atoms with Crippen LogP contribution in [0.4, 0.5) is 11.5 Å². The summed E-state index contributed by atoms with van der Waals surface area (Å²) < 4.78 is 6.32. The van der Waals surface area contributed by atoms with Gasteiger partial charge in [-0.3, -0.25) is 4.79 Å². The number of likely N-dealkylation sites (N-methyl/N-ethyl adjacent to an activating group) is 1. The Labute approximate surface area is 248 Å². The third-order valence-corrected chi connectivity index (χ3v) is 10.5. The van der Waals surface area contributed by atoms with Crippen LogP contribution in [0.1, 0.15) is 60.4 Å². The molecule has 3 fully saturated rings. The second-order valence-corrected chi connectivity index (χ2v) is 12.7. The number of fused-ring (bicyclic) bond motifs is 4. The van der Waals surface area contributed by atoms with Crippen molar-refractivity contribution in [2.24, 2.45) is 5.92 Å². The molecule has 0 spiro atoms. The number of nitrogens with zero attached hydrogens (tertiary/aromatic N) is 7. The molecule has 220 valence electrons. The van der Waals surface area contributed by atoms with Gasteiger partial charge in [0.2, 0.25) is 5.91 Å². The van der Waals surface area contributed by atoms with Gasteiger partial charge in [0.05, 0.1) is 30.8 Å². The quantitative estimate of drug-likeness (QED) is 0.469. The second-order valence-electron chi connectivity index (χ2n) is 12.7. The monoisotopic (exact) mass is 567 g/mol. The first-order valence-corrected chi connectivity index (χ1v) is 15.7. The molecule has 1 aromatic heterocycles. The number of anilines is 2. The SMILES string of the molecule is C=CC(=O)N1CCN(c2nc(OC[C@@H]3CCCN3C)nc3c2CCN(c2cccc4c2CC2CCC42)C3)C[C@@H]1CC#N. The Balaban J connectivity index is 1.19. The molecule has 2 saturated heterocycles. The fourth-order valence-corrected chi connectivity index (χ4v) is 7.96. The maximum atomic E-state index is 12.5. The zero-order valence-corrected chi connectivity index (χ0v) is 24.7. The summed E-state index contributed by atoms with van der Waals surface area (Å²) in [6.45, 7) is 8.72. The van der Waals surface area contributed by atoms with E-state index in [1.807, 2.05) is 0 Å². The molecule has 4 atom stereocenters. The number of benzene rings is 1. The lowest BCUT2D eigenvalue weighted by Crippen LogP contribution is -2.55. The van der Waals surface area contributed by atoms with Gasteiger partial charge in [-0.25, -0.2) is 0 Å². The van der Waals surface area contributed by atoms with Gasteiger partial charge in [0.1, 0.15) is 12.4 Å². The first-order chi connectivity index (χ1) is 20.5. The summed E-state index contributed by atoms with van der Waals surface area (Å²) in [5, 5.41) is 9.53. The van der Waals surface area contributed by atoms with E-state index in [0.29, 0.717) is 38.3 Å². The van der Waals surface area contributed by atoms with Crippen molar-refractivity contribution in [1.82, 2.24) is 19.8 Å². The van der Waals surface area contributed by atoms with Gasteiger partial charge in [-0.05, 0) is 87.2 Å². The first kappa shape index (κ1) is 27.2. The summed E-state index contributed by atoms with van der Waals surface area (Å²) in [5.74, 6) is 2.37. The van der Waals surface area contributed by atoms with Crippen LogP contribution in [0.3, 0.4) is 0 Å². The number of hydrogen-bond donors (Lipinski definition) is 0. The maximum absolute atomic E-state index is 12.5. The number of nitriles is 1. The molecule has 7 rings (SSSR count). The molecule has 2 aromatic rings. The van der Waals surface area contributed by atoms with Gasteiger partial charge in [0.15, 0.2) is 0 Å². The minimum Gasteiger partial charge on any atom is -0.462 e. The van der Waals surface area contributed by atoms with Crippen molar-refractivity contribution < 1.29 is 9.53 Å². The summed E-state index contributed by atoms with van der Waals surface area (Å²) in [5.41, 5.74) is 6.68. The average molecular weight is 568 g/mol. The van der Waals surface area contributed by atoms with E-state index in [1.54, 1.807) is 16.0 Å². The smallest absolute Gasteiger partial charge is 0.318 e. The van der Waals surface area contributed by atoms with Crippen LogP contribution in [0.15, 0.2) is 30.9 Å². The van der Waals surface area contributed by atoms with Crippen LogP contribution in [0.5, 0.6) is 6.01 Å². The van der Waals surface area contributed by atoms with E-state index in [-0.39, 0.29) is 18.4 Å². The Bertz CT molecular complexity index is 1420. The van der Waals surface area contributed by atoms with Crippen LogP contribution in [0.25, 0.3) is 0 Å². The molecule has 3 aliphatic heterocycles. The highest BCUT2D eigenvalue weighted by molar-refractivity contribution is 5.87. The second kappa shape index (κ2) is 11.2. The van der Waals surface area contributed by atoms with Gasteiger partial charge in [-0.2, -0.15) is 15.2 Å². The number of hydrogen-bond acceptors (Lipinski definition) is 8. The molecule has 2 aliphatic carbocycles. The highest BCUT2D eigenvalue weighted by Crippen LogP contribution is 2.53. The molecule has 42 heavy (non-hydrogen) atoms. The lowest BCUT2D eigenvalue weighted by molar-refractivity contribution is -0.128. The number of likely N-dealkylation sites (tertiary alicyclic amines) is 1. The van der Waals surface area contributed by atoms with Gasteiger partial charge >= 0.3 is 6.01 Å². The van der Waals surface area contributed by atoms with E-state index in [4.69, 9.17) is 14.7 Å². The molecule has 2 unspecified atom stereocenters. The fraction of sp³-hybridized carbons (Fsp3) is 0.576. The highest BCUT2D eigenvalue weighted by Gasteiger charge is 2.41. The molecule has 4 heterocycles. The average Bonchev–Trinajstić information content (AvgIpc) is 3.53. The Kier molecular flexibility index (Phi) is 7.27. The summed E-state index contributed by atoms with van der Waals surface area (Å²) in [6, 6.07) is 9.76. The van der Waals surface area contributed by atoms with Crippen LogP contribution in [0.2, 0.25) is 0 Å². The Morgan fingerprint density at radius 1 is 1.12 bits per heavy atom. The summed E-state index contributed by atoms with van der Waals surface area (Å²) in [6.07, 6.45) is 8.66. The number of piperazine rings is 1. The maximum Gasteiger partial charge on any atom is 0.318 e. The van der Waals surface area contributed by atoms with Crippen molar-refractivity contribution in [3.63, 3.8) is 0 Å². The Morgan fingerprint density at radius 3 is 2.79 bits per heavy atom. The molecule has 0 radical (unpaired) electrons. The van der Waals surface area contributed by atoms with Crippen LogP contribution in [0, 0.1) is 17.2 Å². The Morgan fingerprint density at radius 2 is 2.02 bits per heavy atom. The van der Waals surface area contributed by atoms with Gasteiger partial charge in [-0.15, -0.1) is 0 Å². The first-order valence-electron chi connectivity index (χ1n) is 15.7. The van der Waals surface area contributed by atoms with E-state index in [0.717, 1.165) is 55.8 Å². The van der Waals surface area contributed by atoms with Crippen molar-refractivity contribution in [3.05, 3.63) is 53.2 Å².